The molecule has 2 aromatic carbocycles. The standard InChI is InChI=1S/C29H33F2N5O2S.2ClH/c1-38-26-16-25-27(15-21(26)28(37)33-10-3-11-35-12-7-19(30)8-13-35)39-29-34-24(17-36(25)29)20-6-5-18(14-22(20)31)23-4-2-9-32-23;;/h5-6,14-17,19,23,32H,2-4,7-13H2,1H3,(H,33,37);2*1H/t23-;;/m1../s1. The molecule has 0 saturated carbocycles. The lowest BCUT2D eigenvalue weighted by Gasteiger charge is -2.28. The molecule has 0 unspecified atom stereocenters. The maximum absolute atomic E-state index is 15.1. The molecule has 1 atom stereocenters. The maximum atomic E-state index is 15.1. The number of likely N-dealkylation sites (tertiary alicyclic amines) is 1. The summed E-state index contributed by atoms with van der Waals surface area (Å²) in [7, 11) is 1.55. The zero-order valence-electron chi connectivity index (χ0n) is 22.8. The fourth-order valence-corrected chi connectivity index (χ4v) is 6.68. The summed E-state index contributed by atoms with van der Waals surface area (Å²) in [5.74, 6) is 0.00103. The molecule has 2 aromatic heterocycles. The fraction of sp³-hybridized carbons (Fsp3) is 0.448. The highest BCUT2D eigenvalue weighted by Gasteiger charge is 2.21. The van der Waals surface area contributed by atoms with Crippen molar-refractivity contribution in [2.24, 2.45) is 0 Å². The lowest BCUT2D eigenvalue weighted by Crippen LogP contribution is -2.36. The Morgan fingerprint density at radius 3 is 2.71 bits per heavy atom. The Labute approximate surface area is 254 Å². The molecule has 2 N–H and O–H groups in total. The molecular formula is C29H35Cl2F2N5O2S. The van der Waals surface area contributed by atoms with E-state index in [-0.39, 0.29) is 42.6 Å². The highest BCUT2D eigenvalue weighted by molar-refractivity contribution is 7.23. The van der Waals surface area contributed by atoms with Crippen LogP contribution in [0.1, 0.15) is 54.1 Å². The number of ether oxygens (including phenoxy) is 1. The SMILES string of the molecule is COc1cc2c(cc1C(=O)NCCCN1CCC(F)CC1)sc1nc(-c3ccc([C@H]4CCCN4)cc3F)cn12.Cl.Cl. The van der Waals surface area contributed by atoms with E-state index in [1.807, 2.05) is 34.9 Å². The Kier molecular flexibility index (Phi) is 10.5. The van der Waals surface area contributed by atoms with E-state index in [1.165, 1.54) is 11.3 Å². The number of piperidine rings is 1. The van der Waals surface area contributed by atoms with Crippen LogP contribution in [0.25, 0.3) is 26.4 Å². The van der Waals surface area contributed by atoms with Gasteiger partial charge in [-0.15, -0.1) is 24.8 Å². The zero-order valence-corrected chi connectivity index (χ0v) is 25.3. The summed E-state index contributed by atoms with van der Waals surface area (Å²) in [5, 5.41) is 6.40. The van der Waals surface area contributed by atoms with Crippen molar-refractivity contribution in [2.75, 3.05) is 39.8 Å². The molecule has 4 heterocycles. The predicted molar refractivity (Wildman–Crippen MR) is 165 cm³/mol. The number of hydrogen-bond acceptors (Lipinski definition) is 6. The third-order valence-electron chi connectivity index (χ3n) is 7.85. The Balaban J connectivity index is 0.00000194. The van der Waals surface area contributed by atoms with E-state index in [4.69, 9.17) is 9.72 Å². The minimum absolute atomic E-state index is 0. The molecule has 2 aliphatic heterocycles. The summed E-state index contributed by atoms with van der Waals surface area (Å²) in [5.41, 5.74) is 3.33. The monoisotopic (exact) mass is 625 g/mol. The van der Waals surface area contributed by atoms with Crippen LogP contribution in [0.5, 0.6) is 5.75 Å². The molecular weight excluding hydrogens is 591 g/mol. The molecule has 41 heavy (non-hydrogen) atoms. The first kappa shape index (κ1) is 31.4. The van der Waals surface area contributed by atoms with E-state index in [1.54, 1.807) is 13.2 Å². The number of nitrogens with one attached hydrogen (secondary N) is 2. The maximum Gasteiger partial charge on any atom is 0.255 e. The normalized spacial score (nSPS) is 17.9. The number of benzene rings is 2. The van der Waals surface area contributed by atoms with Gasteiger partial charge in [0.25, 0.3) is 5.91 Å². The fourth-order valence-electron chi connectivity index (χ4n) is 5.65. The first-order chi connectivity index (χ1) is 19.0. The second kappa shape index (κ2) is 13.6. The number of imidazole rings is 1. The third kappa shape index (κ3) is 6.62. The molecule has 0 bridgehead atoms. The summed E-state index contributed by atoms with van der Waals surface area (Å²) in [6, 6.07) is 9.29. The van der Waals surface area contributed by atoms with E-state index in [0.717, 1.165) is 66.2 Å². The first-order valence-electron chi connectivity index (χ1n) is 13.7. The number of carbonyl (C=O) groups is 1. The highest BCUT2D eigenvalue weighted by Crippen LogP contribution is 2.35. The molecule has 0 radical (unpaired) electrons. The van der Waals surface area contributed by atoms with Gasteiger partial charge < -0.3 is 20.3 Å². The molecule has 6 rings (SSSR count). The Morgan fingerprint density at radius 2 is 2.00 bits per heavy atom. The van der Waals surface area contributed by atoms with Gasteiger partial charge in [-0.3, -0.25) is 9.20 Å². The van der Waals surface area contributed by atoms with Crippen molar-refractivity contribution in [3.05, 3.63) is 53.5 Å². The van der Waals surface area contributed by atoms with Gasteiger partial charge in [-0.1, -0.05) is 17.4 Å². The molecule has 2 fully saturated rings. The molecule has 2 saturated heterocycles. The minimum atomic E-state index is -0.679. The van der Waals surface area contributed by atoms with Crippen LogP contribution in [0.2, 0.25) is 0 Å². The smallest absolute Gasteiger partial charge is 0.255 e. The van der Waals surface area contributed by atoms with E-state index in [2.05, 4.69) is 15.5 Å². The van der Waals surface area contributed by atoms with Gasteiger partial charge in [0, 0.05) is 43.5 Å². The lowest BCUT2D eigenvalue weighted by molar-refractivity contribution is 0.0947. The topological polar surface area (TPSA) is 70.9 Å². The van der Waals surface area contributed by atoms with Crippen molar-refractivity contribution >= 4 is 57.2 Å². The second-order valence-corrected chi connectivity index (χ2v) is 11.4. The van der Waals surface area contributed by atoms with Gasteiger partial charge >= 0.3 is 0 Å². The number of nitrogens with zero attached hydrogens (tertiary/aromatic N) is 3. The molecule has 4 aromatic rings. The van der Waals surface area contributed by atoms with Gasteiger partial charge in [0.15, 0.2) is 4.96 Å². The molecule has 222 valence electrons. The molecule has 1 amide bonds. The van der Waals surface area contributed by atoms with E-state index >= 15 is 4.39 Å². The third-order valence-corrected chi connectivity index (χ3v) is 8.86. The van der Waals surface area contributed by atoms with E-state index in [9.17, 15) is 9.18 Å². The van der Waals surface area contributed by atoms with Crippen molar-refractivity contribution < 1.29 is 18.3 Å². The largest absolute Gasteiger partial charge is 0.496 e. The van der Waals surface area contributed by atoms with E-state index in [0.29, 0.717) is 42.0 Å². The van der Waals surface area contributed by atoms with Crippen molar-refractivity contribution in [1.82, 2.24) is 24.9 Å². The van der Waals surface area contributed by atoms with Crippen LogP contribution in [0.15, 0.2) is 36.5 Å². The average Bonchev–Trinajstić information content (AvgIpc) is 3.68. The van der Waals surface area contributed by atoms with Crippen LogP contribution in [-0.4, -0.2) is 66.2 Å². The highest BCUT2D eigenvalue weighted by atomic mass is 35.5. The number of amides is 1. The molecule has 2 aliphatic rings. The van der Waals surface area contributed by atoms with Crippen molar-refractivity contribution in [2.45, 2.75) is 44.3 Å². The number of rotatable bonds is 8. The summed E-state index contributed by atoms with van der Waals surface area (Å²) in [6.07, 6.45) is 5.27. The number of alkyl halides is 1. The van der Waals surface area contributed by atoms with Crippen LogP contribution >= 0.6 is 36.2 Å². The van der Waals surface area contributed by atoms with Crippen molar-refractivity contribution in [3.8, 4) is 17.0 Å². The molecule has 12 heteroatoms. The zero-order chi connectivity index (χ0) is 26.9. The number of fused-ring (bicyclic) bond motifs is 3. The van der Waals surface area contributed by atoms with Crippen LogP contribution in [0.4, 0.5) is 8.78 Å². The lowest BCUT2D eigenvalue weighted by atomic mass is 10.0. The summed E-state index contributed by atoms with van der Waals surface area (Å²) < 4.78 is 36.8. The van der Waals surface area contributed by atoms with Gasteiger partial charge in [-0.05, 0) is 69.0 Å². The summed E-state index contributed by atoms with van der Waals surface area (Å²) in [4.78, 5) is 20.7. The van der Waals surface area contributed by atoms with Crippen LogP contribution < -0.4 is 15.4 Å². The average molecular weight is 627 g/mol. The quantitative estimate of drug-likeness (QED) is 0.229. The molecule has 0 spiro atoms. The van der Waals surface area contributed by atoms with Gasteiger partial charge in [0.2, 0.25) is 0 Å². The Hall–Kier alpha value is -2.50. The summed E-state index contributed by atoms with van der Waals surface area (Å²) in [6.45, 7) is 3.89. The molecule has 7 nitrogen and oxygen atoms in total. The van der Waals surface area contributed by atoms with Gasteiger partial charge in [0.1, 0.15) is 17.7 Å². The van der Waals surface area contributed by atoms with Crippen LogP contribution in [0.3, 0.4) is 0 Å². The number of halogens is 4. The van der Waals surface area contributed by atoms with E-state index < -0.39 is 6.17 Å². The van der Waals surface area contributed by atoms with Crippen molar-refractivity contribution in [1.29, 1.82) is 0 Å². The number of carbonyl (C=O) groups excluding carboxylic acids is 1. The van der Waals surface area contributed by atoms with Gasteiger partial charge in [0.05, 0.1) is 28.6 Å². The van der Waals surface area contributed by atoms with Gasteiger partial charge in [-0.2, -0.15) is 0 Å². The Morgan fingerprint density at radius 1 is 1.20 bits per heavy atom. The number of thiazole rings is 1. The van der Waals surface area contributed by atoms with Crippen molar-refractivity contribution in [3.63, 3.8) is 0 Å². The van der Waals surface area contributed by atoms with Crippen LogP contribution in [0, 0.1) is 5.82 Å². The predicted octanol–water partition coefficient (Wildman–Crippen LogP) is 6.19. The first-order valence-corrected chi connectivity index (χ1v) is 14.5. The van der Waals surface area contributed by atoms with Gasteiger partial charge in [-0.25, -0.2) is 13.8 Å². The Bertz CT molecular complexity index is 1500. The molecule has 0 aliphatic carbocycles. The minimum Gasteiger partial charge on any atom is -0.496 e. The summed E-state index contributed by atoms with van der Waals surface area (Å²) >= 11 is 1.45. The number of methoxy groups -OCH3 is 1. The number of hydrogen-bond donors (Lipinski definition) is 2. The second-order valence-electron chi connectivity index (χ2n) is 10.4. The number of aromatic nitrogens is 2. The van der Waals surface area contributed by atoms with Crippen LogP contribution in [-0.2, 0) is 0 Å².